The first-order chi connectivity index (χ1) is 27.8. The van der Waals surface area contributed by atoms with Crippen LogP contribution in [0, 0.1) is 0 Å². The quantitative estimate of drug-likeness (QED) is 0.155. The lowest BCUT2D eigenvalue weighted by Gasteiger charge is -2.29. The van der Waals surface area contributed by atoms with Gasteiger partial charge in [0.05, 0.1) is 0 Å². The van der Waals surface area contributed by atoms with Gasteiger partial charge in [0.15, 0.2) is 0 Å². The predicted molar refractivity (Wildman–Crippen MR) is 239 cm³/mol. The van der Waals surface area contributed by atoms with Gasteiger partial charge in [-0.05, 0) is 121 Å². The summed E-state index contributed by atoms with van der Waals surface area (Å²) in [5, 5.41) is 7.39. The van der Waals surface area contributed by atoms with E-state index in [0.29, 0.717) is 0 Å². The Morgan fingerprint density at radius 3 is 1.38 bits per heavy atom. The molecule has 0 aliphatic rings. The zero-order chi connectivity index (χ0) is 37.3. The molecule has 264 valence electrons. The number of hydrogen-bond acceptors (Lipinski definition) is 2. The second kappa shape index (κ2) is 14.4. The van der Waals surface area contributed by atoms with E-state index in [-0.39, 0.29) is 0 Å². The van der Waals surface area contributed by atoms with Crippen molar-refractivity contribution in [1.82, 2.24) is 0 Å². The second-order valence-electron chi connectivity index (χ2n) is 14.2. The van der Waals surface area contributed by atoms with E-state index in [1.165, 1.54) is 54.6 Å². The highest BCUT2D eigenvalue weighted by Crippen LogP contribution is 2.44. The van der Waals surface area contributed by atoms with Crippen molar-refractivity contribution < 1.29 is 0 Å². The van der Waals surface area contributed by atoms with Gasteiger partial charge < -0.3 is 9.80 Å². The van der Waals surface area contributed by atoms with Gasteiger partial charge in [-0.2, -0.15) is 0 Å². The van der Waals surface area contributed by atoms with Gasteiger partial charge >= 0.3 is 0 Å². The molecule has 10 aromatic carbocycles. The second-order valence-corrected chi connectivity index (χ2v) is 14.2. The highest BCUT2D eigenvalue weighted by Gasteiger charge is 2.19. The molecule has 0 saturated heterocycles. The van der Waals surface area contributed by atoms with Crippen molar-refractivity contribution in [1.29, 1.82) is 0 Å². The van der Waals surface area contributed by atoms with Crippen molar-refractivity contribution in [3.63, 3.8) is 0 Å². The van der Waals surface area contributed by atoms with Crippen LogP contribution in [0.4, 0.5) is 34.1 Å². The molecule has 0 spiro atoms. The van der Waals surface area contributed by atoms with E-state index in [9.17, 15) is 0 Å². The van der Waals surface area contributed by atoms with E-state index >= 15 is 0 Å². The van der Waals surface area contributed by atoms with E-state index in [0.717, 1.165) is 34.1 Å². The molecule has 0 aliphatic heterocycles. The molecule has 0 radical (unpaired) electrons. The molecule has 0 heterocycles. The molecule has 10 rings (SSSR count). The van der Waals surface area contributed by atoms with Gasteiger partial charge in [-0.25, -0.2) is 0 Å². The Morgan fingerprint density at radius 1 is 0.232 bits per heavy atom. The summed E-state index contributed by atoms with van der Waals surface area (Å²) in [4.78, 5) is 4.70. The van der Waals surface area contributed by atoms with E-state index in [4.69, 9.17) is 0 Å². The molecule has 0 fully saturated rings. The first kappa shape index (κ1) is 33.2. The summed E-state index contributed by atoms with van der Waals surface area (Å²) in [5.41, 5.74) is 11.4. The minimum atomic E-state index is 1.07. The van der Waals surface area contributed by atoms with E-state index < -0.39 is 0 Å². The molecule has 56 heavy (non-hydrogen) atoms. The number of rotatable bonds is 8. The standard InChI is InChI=1S/C54H38N2/c1-3-20-44(21-4-1)55(45-22-5-2-6-23-45)47-24-14-25-48(38-47)56(49-35-29-39-15-7-8-18-43(39)37-49)46-33-30-42(31-34-46)54-51-27-12-10-17-41(51)32-36-53(54)52-28-13-19-40-16-9-11-26-50(40)52/h1-38H. The fraction of sp³-hybridized carbons (Fsp3) is 0. The zero-order valence-electron chi connectivity index (χ0n) is 30.8. The van der Waals surface area contributed by atoms with E-state index in [1.807, 2.05) is 0 Å². The molecule has 0 unspecified atom stereocenters. The highest BCUT2D eigenvalue weighted by molar-refractivity contribution is 6.09. The smallest absolute Gasteiger partial charge is 0.0482 e. The zero-order valence-corrected chi connectivity index (χ0v) is 30.8. The lowest BCUT2D eigenvalue weighted by atomic mass is 9.88. The molecule has 0 aliphatic carbocycles. The molecule has 0 atom stereocenters. The fourth-order valence-electron chi connectivity index (χ4n) is 8.18. The number of benzene rings is 10. The molecule has 0 aromatic heterocycles. The number of para-hydroxylation sites is 2. The van der Waals surface area contributed by atoms with Gasteiger partial charge in [-0.3, -0.25) is 0 Å². The largest absolute Gasteiger partial charge is 0.310 e. The molecule has 10 aromatic rings. The Kier molecular flexibility index (Phi) is 8.55. The Balaban J connectivity index is 1.14. The summed E-state index contributed by atoms with van der Waals surface area (Å²) in [6, 6.07) is 83.1. The van der Waals surface area contributed by atoms with Gasteiger partial charge in [0, 0.05) is 34.1 Å². The summed E-state index contributed by atoms with van der Waals surface area (Å²) in [6.07, 6.45) is 0. The Bertz CT molecular complexity index is 2930. The van der Waals surface area contributed by atoms with Gasteiger partial charge in [0.2, 0.25) is 0 Å². The van der Waals surface area contributed by atoms with Gasteiger partial charge in [-0.1, -0.05) is 164 Å². The number of anilines is 6. The van der Waals surface area contributed by atoms with Crippen LogP contribution in [0.25, 0.3) is 54.6 Å². The summed E-state index contributed by atoms with van der Waals surface area (Å²) in [7, 11) is 0. The van der Waals surface area contributed by atoms with Crippen LogP contribution in [-0.2, 0) is 0 Å². The molecular weight excluding hydrogens is 677 g/mol. The SMILES string of the molecule is c1ccc(N(c2ccccc2)c2cccc(N(c3ccc(-c4c(-c5cccc6ccccc56)ccc5ccccc45)cc3)c3ccc4ccccc4c3)c2)cc1. The normalized spacial score (nSPS) is 11.2. The topological polar surface area (TPSA) is 6.48 Å². The maximum absolute atomic E-state index is 2.38. The van der Waals surface area contributed by atoms with Gasteiger partial charge in [0.1, 0.15) is 0 Å². The average Bonchev–Trinajstić information content (AvgIpc) is 3.27. The van der Waals surface area contributed by atoms with Crippen LogP contribution in [0.2, 0.25) is 0 Å². The molecular formula is C54H38N2. The van der Waals surface area contributed by atoms with Crippen molar-refractivity contribution >= 4 is 66.4 Å². The van der Waals surface area contributed by atoms with Crippen molar-refractivity contribution in [2.75, 3.05) is 9.80 Å². The molecule has 0 N–H and O–H groups in total. The third kappa shape index (κ3) is 6.14. The van der Waals surface area contributed by atoms with Crippen molar-refractivity contribution in [3.8, 4) is 22.3 Å². The molecule has 2 heteroatoms. The summed E-state index contributed by atoms with van der Waals surface area (Å²) >= 11 is 0. The molecule has 2 nitrogen and oxygen atoms in total. The number of hydrogen-bond donors (Lipinski definition) is 0. The summed E-state index contributed by atoms with van der Waals surface area (Å²) in [6.45, 7) is 0. The van der Waals surface area contributed by atoms with E-state index in [1.54, 1.807) is 0 Å². The van der Waals surface area contributed by atoms with Crippen LogP contribution in [0.1, 0.15) is 0 Å². The third-order valence-electron chi connectivity index (χ3n) is 10.8. The monoisotopic (exact) mass is 714 g/mol. The van der Waals surface area contributed by atoms with Crippen LogP contribution < -0.4 is 9.80 Å². The number of fused-ring (bicyclic) bond motifs is 3. The maximum Gasteiger partial charge on any atom is 0.0482 e. The fourth-order valence-corrected chi connectivity index (χ4v) is 8.18. The van der Waals surface area contributed by atoms with Crippen LogP contribution in [0.15, 0.2) is 231 Å². The van der Waals surface area contributed by atoms with Crippen molar-refractivity contribution in [2.24, 2.45) is 0 Å². The van der Waals surface area contributed by atoms with Crippen molar-refractivity contribution in [3.05, 3.63) is 231 Å². The minimum Gasteiger partial charge on any atom is -0.310 e. The molecule has 0 saturated carbocycles. The van der Waals surface area contributed by atoms with Crippen LogP contribution >= 0.6 is 0 Å². The Labute approximate surface area is 327 Å². The average molecular weight is 715 g/mol. The minimum absolute atomic E-state index is 1.07. The van der Waals surface area contributed by atoms with Crippen molar-refractivity contribution in [2.45, 2.75) is 0 Å². The van der Waals surface area contributed by atoms with E-state index in [2.05, 4.69) is 240 Å². The Hall–Kier alpha value is -7.42. The van der Waals surface area contributed by atoms with Crippen LogP contribution in [0.5, 0.6) is 0 Å². The summed E-state index contributed by atoms with van der Waals surface area (Å²) < 4.78 is 0. The lowest BCUT2D eigenvalue weighted by Crippen LogP contribution is -2.13. The first-order valence-electron chi connectivity index (χ1n) is 19.2. The van der Waals surface area contributed by atoms with Gasteiger partial charge in [0.25, 0.3) is 0 Å². The van der Waals surface area contributed by atoms with Crippen LogP contribution in [-0.4, -0.2) is 0 Å². The highest BCUT2D eigenvalue weighted by atomic mass is 15.2. The lowest BCUT2D eigenvalue weighted by molar-refractivity contribution is 1.25. The number of nitrogens with zero attached hydrogens (tertiary/aromatic N) is 2. The third-order valence-corrected chi connectivity index (χ3v) is 10.8. The van der Waals surface area contributed by atoms with Gasteiger partial charge in [-0.15, -0.1) is 0 Å². The van der Waals surface area contributed by atoms with Crippen LogP contribution in [0.3, 0.4) is 0 Å². The molecule has 0 bridgehead atoms. The maximum atomic E-state index is 2.38. The Morgan fingerprint density at radius 2 is 0.679 bits per heavy atom. The summed E-state index contributed by atoms with van der Waals surface area (Å²) in [5.74, 6) is 0. The predicted octanol–water partition coefficient (Wildman–Crippen LogP) is 15.4. The molecule has 0 amide bonds. The first-order valence-corrected chi connectivity index (χ1v) is 19.2.